The van der Waals surface area contributed by atoms with E-state index in [2.05, 4.69) is 10.3 Å². The first kappa shape index (κ1) is 11.6. The zero-order chi connectivity index (χ0) is 9.78. The fraction of sp³-hybridized carbons (Fsp3) is 0.857. The Morgan fingerprint density at radius 2 is 2.00 bits per heavy atom. The van der Waals surface area contributed by atoms with Crippen LogP contribution in [0.25, 0.3) is 0 Å². The lowest BCUT2D eigenvalue weighted by Gasteiger charge is -2.10. The minimum Gasteiger partial charge on any atom is -0.303 e. The summed E-state index contributed by atoms with van der Waals surface area (Å²) in [5.41, 5.74) is 0.888. The van der Waals surface area contributed by atoms with Crippen LogP contribution < -0.4 is 5.32 Å². The van der Waals surface area contributed by atoms with Gasteiger partial charge in [-0.2, -0.15) is 0 Å². The minimum atomic E-state index is -3.03. The Kier molecular flexibility index (Phi) is 4.41. The van der Waals surface area contributed by atoms with Gasteiger partial charge in [-0.15, -0.1) is 0 Å². The number of hydrogen-bond acceptors (Lipinski definition) is 4. The molecule has 0 aromatic carbocycles. The van der Waals surface area contributed by atoms with Gasteiger partial charge in [-0.1, -0.05) is 0 Å². The lowest BCUT2D eigenvalue weighted by molar-refractivity contribution is 0.572. The Labute approximate surface area is 74.0 Å². The highest BCUT2D eigenvalue weighted by Crippen LogP contribution is 1.95. The topological polar surface area (TPSA) is 58.5 Å². The van der Waals surface area contributed by atoms with Crippen LogP contribution in [0, 0.1) is 0 Å². The predicted molar refractivity (Wildman–Crippen MR) is 51.3 cm³/mol. The van der Waals surface area contributed by atoms with Crippen LogP contribution in [0.5, 0.6) is 0 Å². The van der Waals surface area contributed by atoms with Crippen molar-refractivity contribution >= 4 is 15.5 Å². The molecule has 0 heterocycles. The fourth-order valence-electron chi connectivity index (χ4n) is 0.706. The second-order valence-electron chi connectivity index (χ2n) is 2.89. The monoisotopic (exact) mass is 192 g/mol. The van der Waals surface area contributed by atoms with Crippen molar-refractivity contribution in [3.8, 4) is 0 Å². The van der Waals surface area contributed by atoms with Crippen molar-refractivity contribution in [2.24, 2.45) is 4.99 Å². The molecule has 0 aliphatic carbocycles. The van der Waals surface area contributed by atoms with Gasteiger partial charge in [-0.3, -0.25) is 4.99 Å². The second kappa shape index (κ2) is 4.57. The Morgan fingerprint density at radius 3 is 2.25 bits per heavy atom. The van der Waals surface area contributed by atoms with Crippen molar-refractivity contribution in [2.45, 2.75) is 19.2 Å². The van der Waals surface area contributed by atoms with E-state index in [1.54, 1.807) is 7.05 Å². The molecule has 4 nitrogen and oxygen atoms in total. The summed E-state index contributed by atoms with van der Waals surface area (Å²) >= 11 is 0. The summed E-state index contributed by atoms with van der Waals surface area (Å²) in [5.74, 6) is 0. The Hall–Kier alpha value is -0.420. The molecule has 1 unspecified atom stereocenters. The number of aliphatic imine (C=N–C) groups is 1. The van der Waals surface area contributed by atoms with Crippen molar-refractivity contribution in [3.05, 3.63) is 0 Å². The van der Waals surface area contributed by atoms with Gasteiger partial charge in [0, 0.05) is 12.0 Å². The van der Waals surface area contributed by atoms with E-state index in [0.29, 0.717) is 0 Å². The molecule has 0 bridgehead atoms. The number of nitrogens with one attached hydrogen (secondary N) is 1. The van der Waals surface area contributed by atoms with E-state index in [1.807, 2.05) is 13.8 Å². The average molecular weight is 192 g/mol. The van der Waals surface area contributed by atoms with Gasteiger partial charge < -0.3 is 5.32 Å². The second-order valence-corrected chi connectivity index (χ2v) is 5.12. The van der Waals surface area contributed by atoms with E-state index in [-0.39, 0.29) is 6.54 Å². The lowest BCUT2D eigenvalue weighted by Crippen LogP contribution is -2.36. The van der Waals surface area contributed by atoms with Gasteiger partial charge in [0.2, 0.25) is 0 Å². The van der Waals surface area contributed by atoms with E-state index in [9.17, 15) is 8.42 Å². The van der Waals surface area contributed by atoms with Gasteiger partial charge >= 0.3 is 0 Å². The highest BCUT2D eigenvalue weighted by Gasteiger charge is 2.16. The number of sulfone groups is 1. The molecule has 1 N–H and O–H groups in total. The van der Waals surface area contributed by atoms with Gasteiger partial charge in [0.15, 0.2) is 9.84 Å². The molecule has 1 atom stereocenters. The van der Waals surface area contributed by atoms with Crippen LogP contribution in [0.2, 0.25) is 0 Å². The molecule has 0 spiro atoms. The molecular formula is C7H16N2O2S. The summed E-state index contributed by atoms with van der Waals surface area (Å²) in [7, 11) is -1.41. The van der Waals surface area contributed by atoms with Crippen LogP contribution in [0.4, 0.5) is 0 Å². The minimum absolute atomic E-state index is 0.289. The van der Waals surface area contributed by atoms with Gasteiger partial charge in [0.1, 0.15) is 5.37 Å². The summed E-state index contributed by atoms with van der Waals surface area (Å²) in [6, 6.07) is 0. The van der Waals surface area contributed by atoms with E-state index in [0.717, 1.165) is 5.71 Å². The van der Waals surface area contributed by atoms with Crippen LogP contribution >= 0.6 is 0 Å². The molecule has 12 heavy (non-hydrogen) atoms. The summed E-state index contributed by atoms with van der Waals surface area (Å²) < 4.78 is 22.1. The third kappa shape index (κ3) is 4.46. The maximum Gasteiger partial charge on any atom is 0.165 e. The molecule has 0 saturated heterocycles. The molecule has 0 fully saturated rings. The van der Waals surface area contributed by atoms with E-state index in [1.165, 1.54) is 6.26 Å². The maximum atomic E-state index is 11.0. The van der Waals surface area contributed by atoms with Crippen LogP contribution in [0.15, 0.2) is 4.99 Å². The lowest BCUT2D eigenvalue weighted by atomic mass is 10.5. The number of nitrogens with zero attached hydrogens (tertiary/aromatic N) is 1. The third-order valence-electron chi connectivity index (χ3n) is 1.41. The summed E-state index contributed by atoms with van der Waals surface area (Å²) in [6.07, 6.45) is 1.20. The van der Waals surface area contributed by atoms with Crippen molar-refractivity contribution < 1.29 is 8.42 Å². The normalized spacial score (nSPS) is 14.0. The van der Waals surface area contributed by atoms with E-state index >= 15 is 0 Å². The van der Waals surface area contributed by atoms with Crippen molar-refractivity contribution in [1.82, 2.24) is 5.32 Å². The maximum absolute atomic E-state index is 11.0. The average Bonchev–Trinajstić information content (AvgIpc) is 1.85. The number of rotatable bonds is 4. The summed E-state index contributed by atoms with van der Waals surface area (Å²) in [4.78, 5) is 4.04. The molecule has 0 rings (SSSR count). The summed E-state index contributed by atoms with van der Waals surface area (Å²) in [6.45, 7) is 3.97. The first-order chi connectivity index (χ1) is 5.38. The molecule has 0 saturated carbocycles. The molecule has 0 aromatic heterocycles. The highest BCUT2D eigenvalue weighted by molar-refractivity contribution is 7.91. The zero-order valence-corrected chi connectivity index (χ0v) is 8.77. The quantitative estimate of drug-likeness (QED) is 0.641. The predicted octanol–water partition coefficient (Wildman–Crippen LogP) is 0.0573. The number of hydrogen-bond donors (Lipinski definition) is 1. The van der Waals surface area contributed by atoms with Gasteiger partial charge in [0.05, 0.1) is 6.54 Å². The van der Waals surface area contributed by atoms with Crippen LogP contribution in [0.1, 0.15) is 13.8 Å². The first-order valence-electron chi connectivity index (χ1n) is 3.71. The Morgan fingerprint density at radius 1 is 1.50 bits per heavy atom. The number of likely N-dealkylation sites (N-methyl/N-ethyl adjacent to an activating group) is 1. The molecular weight excluding hydrogens is 176 g/mol. The first-order valence-corrected chi connectivity index (χ1v) is 5.67. The van der Waals surface area contributed by atoms with Crippen molar-refractivity contribution in [2.75, 3.05) is 19.8 Å². The third-order valence-corrected chi connectivity index (χ3v) is 2.83. The molecule has 0 aliphatic heterocycles. The van der Waals surface area contributed by atoms with Gasteiger partial charge in [-0.05, 0) is 20.9 Å². The molecule has 0 amide bonds. The fourth-order valence-corrected chi connectivity index (χ4v) is 1.48. The zero-order valence-electron chi connectivity index (χ0n) is 7.96. The molecule has 72 valence electrons. The SMILES string of the molecule is CNC(CN=C(C)C)S(C)(=O)=O. The van der Waals surface area contributed by atoms with Gasteiger partial charge in [0.25, 0.3) is 0 Å². The Bertz CT molecular complexity index is 253. The largest absolute Gasteiger partial charge is 0.303 e. The van der Waals surface area contributed by atoms with Crippen molar-refractivity contribution in [1.29, 1.82) is 0 Å². The van der Waals surface area contributed by atoms with E-state index in [4.69, 9.17) is 0 Å². The molecule has 0 radical (unpaired) electrons. The Balaban J connectivity index is 4.31. The molecule has 0 aliphatic rings. The smallest absolute Gasteiger partial charge is 0.165 e. The van der Waals surface area contributed by atoms with Crippen molar-refractivity contribution in [3.63, 3.8) is 0 Å². The van der Waals surface area contributed by atoms with E-state index < -0.39 is 15.2 Å². The van der Waals surface area contributed by atoms with Crippen LogP contribution in [-0.2, 0) is 9.84 Å². The standard InChI is InChI=1S/C7H16N2O2S/c1-6(2)9-5-7(8-3)12(4,10)11/h7-8H,5H2,1-4H3. The summed E-state index contributed by atoms with van der Waals surface area (Å²) in [5, 5.41) is 2.14. The highest BCUT2D eigenvalue weighted by atomic mass is 32.2. The van der Waals surface area contributed by atoms with Crippen LogP contribution in [0.3, 0.4) is 0 Å². The molecule has 0 aromatic rings. The molecule has 5 heteroatoms. The van der Waals surface area contributed by atoms with Crippen LogP contribution in [-0.4, -0.2) is 39.4 Å². The van der Waals surface area contributed by atoms with Gasteiger partial charge in [-0.25, -0.2) is 8.42 Å².